The van der Waals surface area contributed by atoms with Crippen LogP contribution in [0.15, 0.2) is 17.5 Å². The Labute approximate surface area is 134 Å². The van der Waals surface area contributed by atoms with Crippen LogP contribution in [-0.2, 0) is 11.2 Å². The minimum absolute atomic E-state index is 0.0473. The number of anilines is 2. The van der Waals surface area contributed by atoms with Gasteiger partial charge in [-0.3, -0.25) is 4.79 Å². The van der Waals surface area contributed by atoms with Gasteiger partial charge in [-0.25, -0.2) is 4.98 Å². The zero-order valence-electron chi connectivity index (χ0n) is 9.99. The molecule has 8 heteroatoms. The highest BCUT2D eigenvalue weighted by atomic mass is 35.5. The Morgan fingerprint density at radius 2 is 1.95 bits per heavy atom. The van der Waals surface area contributed by atoms with Gasteiger partial charge in [0.05, 0.1) is 27.8 Å². The molecule has 0 saturated carbocycles. The topological polar surface area (TPSA) is 62.2 Å². The minimum atomic E-state index is -0.851. The lowest BCUT2D eigenvalue weighted by atomic mass is 10.2. The zero-order chi connectivity index (χ0) is 14.7. The van der Waals surface area contributed by atoms with E-state index >= 15 is 0 Å². The van der Waals surface area contributed by atoms with Gasteiger partial charge < -0.3 is 10.4 Å². The number of hydrogen-bond acceptors (Lipinski definition) is 4. The average molecular weight is 352 g/mol. The normalized spacial score (nSPS) is 10.6. The Morgan fingerprint density at radius 1 is 1.30 bits per heavy atom. The lowest BCUT2D eigenvalue weighted by molar-refractivity contribution is -0.136. The fourth-order valence-corrected chi connectivity index (χ4v) is 3.14. The predicted molar refractivity (Wildman–Crippen MR) is 82.8 cm³/mol. The number of carbonyl (C=O) groups is 1. The number of carboxylic acid groups (broad SMARTS) is 1. The monoisotopic (exact) mass is 350 g/mol. The van der Waals surface area contributed by atoms with Crippen molar-refractivity contribution in [3.63, 3.8) is 0 Å². The number of benzene rings is 1. The summed E-state index contributed by atoms with van der Waals surface area (Å²) in [6.07, 6.45) is 0.432. The molecule has 2 aromatic rings. The first kappa shape index (κ1) is 15.4. The van der Waals surface area contributed by atoms with Gasteiger partial charge in [-0.05, 0) is 12.1 Å². The van der Waals surface area contributed by atoms with Gasteiger partial charge in [0.15, 0.2) is 5.13 Å². The third-order valence-electron chi connectivity index (χ3n) is 2.39. The molecule has 106 valence electrons. The summed E-state index contributed by atoms with van der Waals surface area (Å²) in [5.74, 6) is -0.851. The first-order chi connectivity index (χ1) is 9.45. The maximum Gasteiger partial charge on any atom is 0.303 e. The molecule has 2 rings (SSSR count). The van der Waals surface area contributed by atoms with Gasteiger partial charge in [0.2, 0.25) is 0 Å². The van der Waals surface area contributed by atoms with Crippen LogP contribution in [-0.4, -0.2) is 16.1 Å². The fourth-order valence-electron chi connectivity index (χ4n) is 1.48. The lowest BCUT2D eigenvalue weighted by Crippen LogP contribution is -1.98. The van der Waals surface area contributed by atoms with Gasteiger partial charge in [0.25, 0.3) is 0 Å². The number of halogens is 3. The van der Waals surface area contributed by atoms with Crippen LogP contribution in [0.5, 0.6) is 0 Å². The summed E-state index contributed by atoms with van der Waals surface area (Å²) < 4.78 is 0. The molecule has 0 aliphatic heterocycles. The van der Waals surface area contributed by atoms with E-state index in [0.717, 1.165) is 0 Å². The molecule has 2 N–H and O–H groups in total. The Balaban J connectivity index is 2.13. The molecule has 0 spiro atoms. The summed E-state index contributed by atoms with van der Waals surface area (Å²) in [7, 11) is 0. The van der Waals surface area contributed by atoms with Gasteiger partial charge in [-0.2, -0.15) is 0 Å². The van der Waals surface area contributed by atoms with Gasteiger partial charge in [0.1, 0.15) is 0 Å². The second kappa shape index (κ2) is 6.63. The lowest BCUT2D eigenvalue weighted by Gasteiger charge is -2.08. The van der Waals surface area contributed by atoms with E-state index in [4.69, 9.17) is 39.9 Å². The molecule has 4 nitrogen and oxygen atoms in total. The number of rotatable bonds is 5. The van der Waals surface area contributed by atoms with E-state index in [2.05, 4.69) is 10.3 Å². The van der Waals surface area contributed by atoms with E-state index in [1.54, 1.807) is 17.5 Å². The standard InChI is InChI=1S/C12H9Cl3N2O2S/c13-6-3-8(14)11(9(15)4-6)17-12-16-7(5-20-12)1-2-10(18)19/h3-5H,1-2H2,(H,16,17)(H,18,19). The van der Waals surface area contributed by atoms with Crippen LogP contribution in [0.25, 0.3) is 0 Å². The summed E-state index contributed by atoms with van der Waals surface area (Å²) in [5, 5.41) is 15.3. The highest BCUT2D eigenvalue weighted by Crippen LogP contribution is 2.36. The van der Waals surface area contributed by atoms with E-state index in [1.807, 2.05) is 0 Å². The van der Waals surface area contributed by atoms with Crippen LogP contribution in [0.3, 0.4) is 0 Å². The van der Waals surface area contributed by atoms with Crippen molar-refractivity contribution in [1.29, 1.82) is 0 Å². The molecule has 0 aliphatic rings. The van der Waals surface area contributed by atoms with Crippen molar-refractivity contribution in [2.24, 2.45) is 0 Å². The van der Waals surface area contributed by atoms with Crippen molar-refractivity contribution in [1.82, 2.24) is 4.98 Å². The van der Waals surface area contributed by atoms with Crippen LogP contribution in [0.1, 0.15) is 12.1 Å². The molecule has 20 heavy (non-hydrogen) atoms. The Hall–Kier alpha value is -1.01. The minimum Gasteiger partial charge on any atom is -0.481 e. The van der Waals surface area contributed by atoms with Gasteiger partial charge in [0, 0.05) is 16.8 Å². The third-order valence-corrected chi connectivity index (χ3v) is 4.01. The molecule has 0 radical (unpaired) electrons. The van der Waals surface area contributed by atoms with E-state index in [0.29, 0.717) is 38.0 Å². The maximum absolute atomic E-state index is 10.5. The van der Waals surface area contributed by atoms with Gasteiger partial charge in [-0.15, -0.1) is 11.3 Å². The predicted octanol–water partition coefficient (Wildman–Crippen LogP) is 4.86. The summed E-state index contributed by atoms with van der Waals surface area (Å²) in [6, 6.07) is 3.16. The molecule has 0 bridgehead atoms. The van der Waals surface area contributed by atoms with E-state index < -0.39 is 5.97 Å². The highest BCUT2D eigenvalue weighted by molar-refractivity contribution is 7.13. The van der Waals surface area contributed by atoms with Crippen molar-refractivity contribution >= 4 is 62.9 Å². The molecule has 0 unspecified atom stereocenters. The maximum atomic E-state index is 10.5. The summed E-state index contributed by atoms with van der Waals surface area (Å²) in [5.41, 5.74) is 1.23. The van der Waals surface area contributed by atoms with Crippen LogP contribution in [0, 0.1) is 0 Å². The number of aromatic nitrogens is 1. The van der Waals surface area contributed by atoms with Crippen molar-refractivity contribution in [3.8, 4) is 0 Å². The largest absolute Gasteiger partial charge is 0.481 e. The SMILES string of the molecule is O=C(O)CCc1csc(Nc2c(Cl)cc(Cl)cc2Cl)n1. The third kappa shape index (κ3) is 3.99. The number of aliphatic carboxylic acids is 1. The average Bonchev–Trinajstić information content (AvgIpc) is 2.79. The van der Waals surface area contributed by atoms with Crippen molar-refractivity contribution in [3.05, 3.63) is 38.3 Å². The van der Waals surface area contributed by atoms with Crippen LogP contribution >= 0.6 is 46.1 Å². The van der Waals surface area contributed by atoms with Crippen LogP contribution in [0.4, 0.5) is 10.8 Å². The fraction of sp³-hybridized carbons (Fsp3) is 0.167. The molecule has 0 atom stereocenters. The van der Waals surface area contributed by atoms with Crippen molar-refractivity contribution < 1.29 is 9.90 Å². The first-order valence-electron chi connectivity index (χ1n) is 5.53. The summed E-state index contributed by atoms with van der Waals surface area (Å²) in [4.78, 5) is 14.8. The van der Waals surface area contributed by atoms with E-state index in [-0.39, 0.29) is 6.42 Å². The van der Waals surface area contributed by atoms with Crippen molar-refractivity contribution in [2.75, 3.05) is 5.32 Å². The second-order valence-electron chi connectivity index (χ2n) is 3.91. The Kier molecular flexibility index (Phi) is 5.10. The molecular formula is C12H9Cl3N2O2S. The van der Waals surface area contributed by atoms with Gasteiger partial charge in [-0.1, -0.05) is 34.8 Å². The summed E-state index contributed by atoms with van der Waals surface area (Å²) >= 11 is 19.3. The number of aryl methyl sites for hydroxylation is 1. The second-order valence-corrected chi connectivity index (χ2v) is 6.02. The van der Waals surface area contributed by atoms with Crippen LogP contribution < -0.4 is 5.32 Å². The molecule has 0 aliphatic carbocycles. The highest BCUT2D eigenvalue weighted by Gasteiger charge is 2.11. The molecule has 0 amide bonds. The molecule has 0 fully saturated rings. The summed E-state index contributed by atoms with van der Waals surface area (Å²) in [6.45, 7) is 0. The number of nitrogens with zero attached hydrogens (tertiary/aromatic N) is 1. The Morgan fingerprint density at radius 3 is 2.55 bits per heavy atom. The molecule has 0 saturated heterocycles. The van der Waals surface area contributed by atoms with E-state index in [9.17, 15) is 4.79 Å². The van der Waals surface area contributed by atoms with E-state index in [1.165, 1.54) is 11.3 Å². The van der Waals surface area contributed by atoms with Crippen LogP contribution in [0.2, 0.25) is 15.1 Å². The Bertz CT molecular complexity index is 622. The number of thiazole rings is 1. The number of hydrogen-bond donors (Lipinski definition) is 2. The zero-order valence-corrected chi connectivity index (χ0v) is 13.1. The quantitative estimate of drug-likeness (QED) is 0.807. The first-order valence-corrected chi connectivity index (χ1v) is 7.55. The smallest absolute Gasteiger partial charge is 0.303 e. The molecular weight excluding hydrogens is 343 g/mol. The molecule has 1 heterocycles. The van der Waals surface area contributed by atoms with Gasteiger partial charge >= 0.3 is 5.97 Å². The van der Waals surface area contributed by atoms with Crippen molar-refractivity contribution in [2.45, 2.75) is 12.8 Å². The molecule has 1 aromatic carbocycles. The number of nitrogens with one attached hydrogen (secondary N) is 1. The molecule has 1 aromatic heterocycles. The number of carboxylic acids is 1.